The van der Waals surface area contributed by atoms with Crippen molar-refractivity contribution in [3.63, 3.8) is 0 Å². The highest BCUT2D eigenvalue weighted by molar-refractivity contribution is 5.42. The van der Waals surface area contributed by atoms with Crippen molar-refractivity contribution in [3.05, 3.63) is 59.5 Å². The maximum absolute atomic E-state index is 10.1. The minimum Gasteiger partial charge on any atom is -0.472 e. The minimum atomic E-state index is -0.432. The van der Waals surface area contributed by atoms with Crippen molar-refractivity contribution in [2.75, 3.05) is 0 Å². The van der Waals surface area contributed by atoms with Gasteiger partial charge in [-0.2, -0.15) is 0 Å². The summed E-state index contributed by atoms with van der Waals surface area (Å²) >= 11 is 0. The molecular formula is C13H12O2. The highest BCUT2D eigenvalue weighted by Crippen LogP contribution is 2.43. The molecule has 0 saturated heterocycles. The number of fused-ring (bicyclic) bond motifs is 1. The van der Waals surface area contributed by atoms with Crippen molar-refractivity contribution in [1.82, 2.24) is 0 Å². The van der Waals surface area contributed by atoms with E-state index in [1.54, 1.807) is 12.5 Å². The average Bonchev–Trinajstić information content (AvgIpc) is 2.72. The molecule has 2 atom stereocenters. The number of rotatable bonds is 2. The topological polar surface area (TPSA) is 33.4 Å². The lowest BCUT2D eigenvalue weighted by atomic mass is 9.73. The summed E-state index contributed by atoms with van der Waals surface area (Å²) in [5, 5.41) is 10.1. The SMILES string of the molecule is OC(c1ccoc1)C1Cc2ccccc21. The summed E-state index contributed by atoms with van der Waals surface area (Å²) in [5.74, 6) is 0.235. The summed E-state index contributed by atoms with van der Waals surface area (Å²) in [6.07, 6.45) is 3.75. The van der Waals surface area contributed by atoms with Crippen LogP contribution in [-0.2, 0) is 6.42 Å². The van der Waals surface area contributed by atoms with Crippen molar-refractivity contribution >= 4 is 0 Å². The van der Waals surface area contributed by atoms with E-state index in [0.29, 0.717) is 0 Å². The summed E-state index contributed by atoms with van der Waals surface area (Å²) in [6.45, 7) is 0. The molecule has 2 aromatic rings. The molecule has 0 radical (unpaired) electrons. The van der Waals surface area contributed by atoms with Gasteiger partial charge in [-0.05, 0) is 23.6 Å². The lowest BCUT2D eigenvalue weighted by Crippen LogP contribution is -2.23. The Morgan fingerprint density at radius 1 is 1.27 bits per heavy atom. The fourth-order valence-corrected chi connectivity index (χ4v) is 2.25. The molecule has 0 spiro atoms. The van der Waals surface area contributed by atoms with Gasteiger partial charge in [0.05, 0.1) is 18.6 Å². The fourth-order valence-electron chi connectivity index (χ4n) is 2.25. The first-order valence-corrected chi connectivity index (χ1v) is 5.14. The number of aliphatic hydroxyl groups excluding tert-OH is 1. The van der Waals surface area contributed by atoms with Gasteiger partial charge in [0.1, 0.15) is 0 Å². The molecule has 1 aromatic heterocycles. The van der Waals surface area contributed by atoms with Crippen LogP contribution < -0.4 is 0 Å². The van der Waals surface area contributed by atoms with Gasteiger partial charge < -0.3 is 9.52 Å². The van der Waals surface area contributed by atoms with Crippen LogP contribution in [-0.4, -0.2) is 5.11 Å². The second kappa shape index (κ2) is 3.24. The summed E-state index contributed by atoms with van der Waals surface area (Å²) in [7, 11) is 0. The number of furan rings is 1. The molecule has 2 nitrogen and oxygen atoms in total. The lowest BCUT2D eigenvalue weighted by molar-refractivity contribution is 0.134. The smallest absolute Gasteiger partial charge is 0.0960 e. The van der Waals surface area contributed by atoms with Crippen molar-refractivity contribution in [2.24, 2.45) is 0 Å². The van der Waals surface area contributed by atoms with Gasteiger partial charge in [-0.25, -0.2) is 0 Å². The van der Waals surface area contributed by atoms with Gasteiger partial charge in [-0.3, -0.25) is 0 Å². The number of benzene rings is 1. The van der Waals surface area contributed by atoms with Crippen molar-refractivity contribution in [3.8, 4) is 0 Å². The van der Waals surface area contributed by atoms with E-state index >= 15 is 0 Å². The van der Waals surface area contributed by atoms with Gasteiger partial charge in [-0.15, -0.1) is 0 Å². The van der Waals surface area contributed by atoms with Crippen LogP contribution in [0.4, 0.5) is 0 Å². The van der Waals surface area contributed by atoms with Gasteiger partial charge in [0.2, 0.25) is 0 Å². The summed E-state index contributed by atoms with van der Waals surface area (Å²) < 4.78 is 4.98. The van der Waals surface area contributed by atoms with E-state index in [-0.39, 0.29) is 5.92 Å². The van der Waals surface area contributed by atoms with Crippen LogP contribution in [0.2, 0.25) is 0 Å². The number of aliphatic hydroxyl groups is 1. The molecule has 1 aromatic carbocycles. The zero-order valence-corrected chi connectivity index (χ0v) is 8.26. The molecule has 1 aliphatic rings. The Balaban J connectivity index is 1.88. The summed E-state index contributed by atoms with van der Waals surface area (Å²) in [4.78, 5) is 0. The molecule has 76 valence electrons. The van der Waals surface area contributed by atoms with Crippen LogP contribution in [0.5, 0.6) is 0 Å². The van der Waals surface area contributed by atoms with Crippen molar-refractivity contribution in [1.29, 1.82) is 0 Å². The molecule has 2 unspecified atom stereocenters. The maximum atomic E-state index is 10.1. The van der Waals surface area contributed by atoms with Crippen LogP contribution >= 0.6 is 0 Å². The normalized spacial score (nSPS) is 20.5. The molecule has 1 N–H and O–H groups in total. The van der Waals surface area contributed by atoms with Gasteiger partial charge in [-0.1, -0.05) is 24.3 Å². The molecule has 2 heteroatoms. The second-order valence-corrected chi connectivity index (χ2v) is 4.01. The van der Waals surface area contributed by atoms with Crippen molar-refractivity contribution < 1.29 is 9.52 Å². The van der Waals surface area contributed by atoms with E-state index in [1.165, 1.54) is 11.1 Å². The Kier molecular flexibility index (Phi) is 1.89. The quantitative estimate of drug-likeness (QED) is 0.808. The number of hydrogen-bond acceptors (Lipinski definition) is 2. The Labute approximate surface area is 88.2 Å². The van der Waals surface area contributed by atoms with Crippen molar-refractivity contribution in [2.45, 2.75) is 18.4 Å². The molecule has 0 fully saturated rings. The second-order valence-electron chi connectivity index (χ2n) is 4.01. The van der Waals surface area contributed by atoms with Crippen LogP contribution in [0.1, 0.15) is 28.7 Å². The molecule has 3 rings (SSSR count). The Morgan fingerprint density at radius 3 is 2.87 bits per heavy atom. The molecule has 0 amide bonds. The maximum Gasteiger partial charge on any atom is 0.0960 e. The summed E-state index contributed by atoms with van der Waals surface area (Å²) in [5.41, 5.74) is 3.49. The van der Waals surface area contributed by atoms with Gasteiger partial charge in [0.15, 0.2) is 0 Å². The van der Waals surface area contributed by atoms with E-state index in [4.69, 9.17) is 4.42 Å². The van der Waals surface area contributed by atoms with E-state index < -0.39 is 6.10 Å². The van der Waals surface area contributed by atoms with Gasteiger partial charge in [0.25, 0.3) is 0 Å². The predicted molar refractivity (Wildman–Crippen MR) is 56.6 cm³/mol. The highest BCUT2D eigenvalue weighted by Gasteiger charge is 2.32. The number of hydrogen-bond donors (Lipinski definition) is 1. The highest BCUT2D eigenvalue weighted by atomic mass is 16.3. The monoisotopic (exact) mass is 200 g/mol. The third-order valence-corrected chi connectivity index (χ3v) is 3.16. The third-order valence-electron chi connectivity index (χ3n) is 3.16. The van der Waals surface area contributed by atoms with Crippen LogP contribution in [0.3, 0.4) is 0 Å². The largest absolute Gasteiger partial charge is 0.472 e. The molecule has 1 heterocycles. The van der Waals surface area contributed by atoms with E-state index in [1.807, 2.05) is 18.2 Å². The van der Waals surface area contributed by atoms with Gasteiger partial charge >= 0.3 is 0 Å². The average molecular weight is 200 g/mol. The molecule has 1 aliphatic carbocycles. The Bertz CT molecular complexity index is 459. The van der Waals surface area contributed by atoms with Crippen LogP contribution in [0.15, 0.2) is 47.3 Å². The molecular weight excluding hydrogens is 188 g/mol. The molecule has 0 aliphatic heterocycles. The van der Waals surface area contributed by atoms with Crippen LogP contribution in [0, 0.1) is 0 Å². The Hall–Kier alpha value is -1.54. The molecule has 0 bridgehead atoms. The summed E-state index contributed by atoms with van der Waals surface area (Å²) in [6, 6.07) is 10.1. The molecule has 0 saturated carbocycles. The minimum absolute atomic E-state index is 0.235. The predicted octanol–water partition coefficient (Wildman–Crippen LogP) is 2.65. The lowest BCUT2D eigenvalue weighted by Gasteiger charge is -2.33. The zero-order valence-electron chi connectivity index (χ0n) is 8.26. The van der Waals surface area contributed by atoms with E-state index in [0.717, 1.165) is 12.0 Å². The first kappa shape index (κ1) is 8.74. The zero-order chi connectivity index (χ0) is 10.3. The standard InChI is InChI=1S/C13H12O2/c14-13(10-5-6-15-8-10)12-7-9-3-1-2-4-11(9)12/h1-6,8,12-14H,7H2. The third kappa shape index (κ3) is 1.29. The fraction of sp³-hybridized carbons (Fsp3) is 0.231. The van der Waals surface area contributed by atoms with E-state index in [2.05, 4.69) is 12.1 Å². The molecule has 15 heavy (non-hydrogen) atoms. The first-order valence-electron chi connectivity index (χ1n) is 5.14. The Morgan fingerprint density at radius 2 is 2.13 bits per heavy atom. The van der Waals surface area contributed by atoms with Gasteiger partial charge in [0, 0.05) is 11.5 Å². The van der Waals surface area contributed by atoms with E-state index in [9.17, 15) is 5.11 Å². The van der Waals surface area contributed by atoms with Crippen LogP contribution in [0.25, 0.3) is 0 Å². The first-order chi connectivity index (χ1) is 7.36.